The molecule has 1 heterocycles. The van der Waals surface area contributed by atoms with Crippen LogP contribution in [0.2, 0.25) is 0 Å². The van der Waals surface area contributed by atoms with Crippen LogP contribution in [0.25, 0.3) is 0 Å². The molecular weight excluding hydrogens is 300 g/mol. The quantitative estimate of drug-likeness (QED) is 0.778. The molecule has 1 aromatic carbocycles. The summed E-state index contributed by atoms with van der Waals surface area (Å²) in [6.45, 7) is 7.31. The lowest BCUT2D eigenvalue weighted by atomic mass is 9.59. The Hall–Kier alpha value is -1.86. The average Bonchev–Trinajstić information content (AvgIpc) is 2.55. The molecule has 0 saturated carbocycles. The molecule has 0 bridgehead atoms. The fourth-order valence-corrected chi connectivity index (χ4v) is 4.07. The minimum Gasteiger partial charge on any atom is -0.465 e. The van der Waals surface area contributed by atoms with Crippen molar-refractivity contribution in [2.45, 2.75) is 39.7 Å². The van der Waals surface area contributed by atoms with Gasteiger partial charge in [0.2, 0.25) is 0 Å². The number of benzene rings is 1. The van der Waals surface area contributed by atoms with Crippen LogP contribution in [0.5, 0.6) is 0 Å². The summed E-state index contributed by atoms with van der Waals surface area (Å²) in [6, 6.07) is 12.8. The number of ether oxygens (including phenoxy) is 1. The van der Waals surface area contributed by atoms with Gasteiger partial charge < -0.3 is 9.64 Å². The molecule has 1 aromatic rings. The van der Waals surface area contributed by atoms with Crippen LogP contribution in [-0.4, -0.2) is 37.1 Å². The number of likely N-dealkylation sites (tertiary alicyclic amines) is 1. The highest BCUT2D eigenvalue weighted by Gasteiger charge is 2.51. The second-order valence-corrected chi connectivity index (χ2v) is 7.10. The van der Waals surface area contributed by atoms with Crippen LogP contribution >= 0.6 is 0 Å². The summed E-state index contributed by atoms with van der Waals surface area (Å²) in [6.07, 6.45) is 1.54. The highest BCUT2D eigenvalue weighted by atomic mass is 16.5. The molecule has 0 amide bonds. The van der Waals surface area contributed by atoms with Crippen molar-refractivity contribution in [1.29, 1.82) is 5.26 Å². The van der Waals surface area contributed by atoms with Crippen molar-refractivity contribution in [3.05, 3.63) is 35.9 Å². The van der Waals surface area contributed by atoms with Crippen LogP contribution in [0.1, 0.15) is 32.8 Å². The third kappa shape index (κ3) is 3.62. The molecule has 130 valence electrons. The van der Waals surface area contributed by atoms with E-state index in [1.807, 2.05) is 18.2 Å². The van der Waals surface area contributed by atoms with Gasteiger partial charge in [-0.25, -0.2) is 0 Å². The lowest BCUT2D eigenvalue weighted by Gasteiger charge is -2.50. The summed E-state index contributed by atoms with van der Waals surface area (Å²) < 4.78 is 5.25. The molecule has 1 fully saturated rings. The maximum atomic E-state index is 12.5. The molecule has 0 spiro atoms. The second-order valence-electron chi connectivity index (χ2n) is 7.10. The van der Waals surface area contributed by atoms with E-state index in [1.54, 1.807) is 6.92 Å². The summed E-state index contributed by atoms with van der Waals surface area (Å²) >= 11 is 0. The van der Waals surface area contributed by atoms with Crippen LogP contribution < -0.4 is 0 Å². The molecule has 4 atom stereocenters. The van der Waals surface area contributed by atoms with Gasteiger partial charge in [0.15, 0.2) is 0 Å². The number of nitrogens with zero attached hydrogens (tertiary/aromatic N) is 2. The summed E-state index contributed by atoms with van der Waals surface area (Å²) in [7, 11) is 2.11. The maximum absolute atomic E-state index is 12.5. The monoisotopic (exact) mass is 328 g/mol. The molecule has 1 saturated heterocycles. The van der Waals surface area contributed by atoms with Gasteiger partial charge >= 0.3 is 5.97 Å². The number of carbonyl (C=O) groups is 1. The first-order valence-electron chi connectivity index (χ1n) is 8.75. The first-order valence-corrected chi connectivity index (χ1v) is 8.75. The number of esters is 1. The van der Waals surface area contributed by atoms with Gasteiger partial charge in [-0.2, -0.15) is 5.26 Å². The molecule has 4 nitrogen and oxygen atoms in total. The van der Waals surface area contributed by atoms with Crippen LogP contribution in [0.3, 0.4) is 0 Å². The maximum Gasteiger partial charge on any atom is 0.323 e. The third-order valence-corrected chi connectivity index (χ3v) is 5.57. The molecule has 0 unspecified atom stereocenters. The fourth-order valence-electron chi connectivity index (χ4n) is 4.07. The molecule has 4 heteroatoms. The van der Waals surface area contributed by atoms with E-state index < -0.39 is 11.3 Å². The minimum absolute atomic E-state index is 0.230. The van der Waals surface area contributed by atoms with Crippen LogP contribution in [0, 0.1) is 28.6 Å². The summed E-state index contributed by atoms with van der Waals surface area (Å²) in [5.74, 6) is -0.878. The van der Waals surface area contributed by atoms with Crippen molar-refractivity contribution in [2.75, 3.05) is 20.2 Å². The molecule has 1 aliphatic heterocycles. The highest BCUT2D eigenvalue weighted by molar-refractivity contribution is 5.76. The van der Waals surface area contributed by atoms with Crippen molar-refractivity contribution < 1.29 is 9.53 Å². The van der Waals surface area contributed by atoms with Crippen LogP contribution in [-0.2, 0) is 16.0 Å². The number of nitriles is 1. The number of hydrogen-bond acceptors (Lipinski definition) is 4. The number of rotatable bonds is 5. The van der Waals surface area contributed by atoms with E-state index in [2.05, 4.69) is 44.0 Å². The fraction of sp³-hybridized carbons (Fsp3) is 0.600. The van der Waals surface area contributed by atoms with Crippen LogP contribution in [0.4, 0.5) is 0 Å². The van der Waals surface area contributed by atoms with Gasteiger partial charge in [0.1, 0.15) is 5.92 Å². The van der Waals surface area contributed by atoms with E-state index in [0.717, 1.165) is 19.4 Å². The Bertz CT molecular complexity index is 595. The zero-order valence-electron chi connectivity index (χ0n) is 15.2. The van der Waals surface area contributed by atoms with E-state index in [1.165, 1.54) is 5.56 Å². The van der Waals surface area contributed by atoms with E-state index in [9.17, 15) is 10.1 Å². The van der Waals surface area contributed by atoms with Gasteiger partial charge in [0.25, 0.3) is 0 Å². The largest absolute Gasteiger partial charge is 0.465 e. The lowest BCUT2D eigenvalue weighted by molar-refractivity contribution is -0.154. The average molecular weight is 328 g/mol. The van der Waals surface area contributed by atoms with E-state index in [-0.39, 0.29) is 11.9 Å². The summed E-state index contributed by atoms with van der Waals surface area (Å²) in [4.78, 5) is 14.9. The first-order chi connectivity index (χ1) is 11.4. The predicted octanol–water partition coefficient (Wildman–Crippen LogP) is 3.28. The number of hydrogen-bond donors (Lipinski definition) is 0. The molecule has 0 N–H and O–H groups in total. The van der Waals surface area contributed by atoms with Gasteiger partial charge in [0.05, 0.1) is 12.7 Å². The number of piperidine rings is 1. The zero-order chi connectivity index (χ0) is 17.7. The second kappa shape index (κ2) is 7.81. The highest BCUT2D eigenvalue weighted by Crippen LogP contribution is 2.47. The lowest BCUT2D eigenvalue weighted by Crippen LogP contribution is -2.55. The Kier molecular flexibility index (Phi) is 6.01. The van der Waals surface area contributed by atoms with Crippen LogP contribution in [0.15, 0.2) is 30.3 Å². The Labute approximate surface area is 145 Å². The molecule has 2 rings (SSSR count). The van der Waals surface area contributed by atoms with Gasteiger partial charge in [-0.05, 0) is 45.2 Å². The third-order valence-electron chi connectivity index (χ3n) is 5.57. The Balaban J connectivity index is 2.44. The predicted molar refractivity (Wildman–Crippen MR) is 94.2 cm³/mol. The molecule has 0 aliphatic carbocycles. The van der Waals surface area contributed by atoms with Crippen molar-refractivity contribution >= 4 is 5.97 Å². The zero-order valence-corrected chi connectivity index (χ0v) is 15.2. The Morgan fingerprint density at radius 1 is 1.42 bits per heavy atom. The smallest absolute Gasteiger partial charge is 0.323 e. The van der Waals surface area contributed by atoms with E-state index in [0.29, 0.717) is 12.6 Å². The molecule has 24 heavy (non-hydrogen) atoms. The molecular formula is C20H28N2O2. The topological polar surface area (TPSA) is 53.3 Å². The number of carbonyl (C=O) groups excluding carboxylic acids is 1. The Morgan fingerprint density at radius 2 is 2.08 bits per heavy atom. The van der Waals surface area contributed by atoms with Crippen molar-refractivity contribution in [3.8, 4) is 6.07 Å². The molecule has 1 aliphatic rings. The van der Waals surface area contributed by atoms with Crippen molar-refractivity contribution in [3.63, 3.8) is 0 Å². The van der Waals surface area contributed by atoms with Gasteiger partial charge in [-0.15, -0.1) is 0 Å². The Morgan fingerprint density at radius 3 is 2.67 bits per heavy atom. The first kappa shape index (κ1) is 18.5. The molecule has 0 radical (unpaired) electrons. The normalized spacial score (nSPS) is 28.8. The van der Waals surface area contributed by atoms with E-state index >= 15 is 0 Å². The van der Waals surface area contributed by atoms with E-state index in [4.69, 9.17) is 4.74 Å². The van der Waals surface area contributed by atoms with Crippen molar-refractivity contribution in [2.24, 2.45) is 17.3 Å². The SMILES string of the molecule is CCOC(=O)[C@H](C#N)[C@]1(Cc2ccccc2)C[C@@H](C)N(C)C[C@@H]1C. The standard InChI is InChI=1S/C20H28N2O2/c1-5-24-19(23)18(13-21)20(12-17-9-7-6-8-10-17)11-16(3)22(4)14-15(20)2/h6-10,15-16,18H,5,11-12,14H2,1-4H3/t15-,16+,18-,20-/m0/s1. The minimum atomic E-state index is -0.733. The van der Waals surface area contributed by atoms with Gasteiger partial charge in [-0.1, -0.05) is 37.3 Å². The summed E-state index contributed by atoms with van der Waals surface area (Å²) in [5.41, 5.74) is 0.777. The van der Waals surface area contributed by atoms with Gasteiger partial charge in [-0.3, -0.25) is 4.79 Å². The molecule has 0 aromatic heterocycles. The van der Waals surface area contributed by atoms with Crippen molar-refractivity contribution in [1.82, 2.24) is 4.90 Å². The van der Waals surface area contributed by atoms with Gasteiger partial charge in [0, 0.05) is 18.0 Å². The summed E-state index contributed by atoms with van der Waals surface area (Å²) in [5, 5.41) is 9.82.